The van der Waals surface area contributed by atoms with Crippen LogP contribution in [0.1, 0.15) is 32.7 Å². The van der Waals surface area contributed by atoms with Gasteiger partial charge in [0.15, 0.2) is 0 Å². The average Bonchev–Trinajstić information content (AvgIpc) is 3.37. The number of carbonyl (C=O) groups excluding carboxylic acids is 2. The highest BCUT2D eigenvalue weighted by Gasteiger charge is 2.39. The van der Waals surface area contributed by atoms with E-state index in [1.807, 2.05) is 40.9 Å². The Bertz CT molecular complexity index is 944. The number of amides is 2. The van der Waals surface area contributed by atoms with E-state index in [2.05, 4.69) is 16.6 Å². The number of aromatic nitrogens is 2. The Morgan fingerprint density at radius 3 is 2.57 bits per heavy atom. The third-order valence-corrected chi connectivity index (χ3v) is 6.01. The molecular formula is C21H25N5O2. The number of rotatable bonds is 3. The van der Waals surface area contributed by atoms with Gasteiger partial charge in [0.25, 0.3) is 0 Å². The van der Waals surface area contributed by atoms with E-state index in [0.29, 0.717) is 12.6 Å². The van der Waals surface area contributed by atoms with Crippen molar-refractivity contribution < 1.29 is 9.59 Å². The van der Waals surface area contributed by atoms with E-state index in [1.54, 1.807) is 11.8 Å². The Morgan fingerprint density at radius 2 is 1.93 bits per heavy atom. The van der Waals surface area contributed by atoms with Gasteiger partial charge in [-0.25, -0.2) is 0 Å². The molecule has 2 aliphatic heterocycles. The standard InChI is InChI=1S/C21H25N5O2/c1-13-11-24(21(28)15-3-4-15)20-7-16(5-6-19(20)26(13)14(2)27)17-8-23-25(12-17)18-9-22-10-18/h5-8,12-13,15,18,22H,3-4,9-11H2,1-2H3/t13-/m0/s1. The fraction of sp³-hybridized carbons (Fsp3) is 0.476. The summed E-state index contributed by atoms with van der Waals surface area (Å²) in [5.41, 5.74) is 3.70. The minimum Gasteiger partial charge on any atom is -0.312 e. The molecule has 1 aromatic heterocycles. The van der Waals surface area contributed by atoms with Gasteiger partial charge in [-0.2, -0.15) is 5.10 Å². The molecule has 0 unspecified atom stereocenters. The molecule has 0 radical (unpaired) electrons. The van der Waals surface area contributed by atoms with Crippen LogP contribution in [0.15, 0.2) is 30.6 Å². The van der Waals surface area contributed by atoms with Gasteiger partial charge in [0.1, 0.15) is 0 Å². The van der Waals surface area contributed by atoms with Crippen molar-refractivity contribution in [1.29, 1.82) is 0 Å². The van der Waals surface area contributed by atoms with Gasteiger partial charge in [-0.1, -0.05) is 6.07 Å². The molecule has 1 atom stereocenters. The summed E-state index contributed by atoms with van der Waals surface area (Å²) in [5.74, 6) is 0.330. The minimum absolute atomic E-state index is 0.00493. The number of benzene rings is 1. The number of carbonyl (C=O) groups is 2. The van der Waals surface area contributed by atoms with Crippen LogP contribution in [0.25, 0.3) is 11.1 Å². The molecule has 5 rings (SSSR count). The number of nitrogens with zero attached hydrogens (tertiary/aromatic N) is 4. The van der Waals surface area contributed by atoms with Crippen molar-refractivity contribution in [2.24, 2.45) is 5.92 Å². The Hall–Kier alpha value is -2.67. The van der Waals surface area contributed by atoms with Crippen molar-refractivity contribution in [3.8, 4) is 11.1 Å². The van der Waals surface area contributed by atoms with Gasteiger partial charge < -0.3 is 15.1 Å². The lowest BCUT2D eigenvalue weighted by atomic mass is 10.0. The summed E-state index contributed by atoms with van der Waals surface area (Å²) >= 11 is 0. The topological polar surface area (TPSA) is 70.5 Å². The van der Waals surface area contributed by atoms with E-state index in [9.17, 15) is 9.59 Å². The number of fused-ring (bicyclic) bond motifs is 1. The molecule has 1 aliphatic carbocycles. The summed E-state index contributed by atoms with van der Waals surface area (Å²) in [5, 5.41) is 7.77. The van der Waals surface area contributed by atoms with Crippen LogP contribution in [0.4, 0.5) is 11.4 Å². The van der Waals surface area contributed by atoms with Gasteiger partial charge in [-0.05, 0) is 37.5 Å². The lowest BCUT2D eigenvalue weighted by Gasteiger charge is -2.41. The summed E-state index contributed by atoms with van der Waals surface area (Å²) in [7, 11) is 0. The Balaban J connectivity index is 1.55. The first-order valence-electron chi connectivity index (χ1n) is 10.0. The number of hydrogen-bond donors (Lipinski definition) is 1. The molecule has 2 fully saturated rings. The summed E-state index contributed by atoms with van der Waals surface area (Å²) in [4.78, 5) is 28.9. The number of nitrogens with one attached hydrogen (secondary N) is 1. The first-order chi connectivity index (χ1) is 13.5. The van der Waals surface area contributed by atoms with Crippen LogP contribution in [0.5, 0.6) is 0 Å². The molecule has 2 amide bonds. The van der Waals surface area contributed by atoms with Crippen LogP contribution in [0, 0.1) is 5.92 Å². The SMILES string of the molecule is CC(=O)N1c2ccc(-c3cnn(C4CNC4)c3)cc2N(C(=O)C2CC2)C[C@@H]1C. The van der Waals surface area contributed by atoms with Gasteiger partial charge in [0.05, 0.1) is 29.7 Å². The fourth-order valence-corrected chi connectivity index (χ4v) is 4.19. The highest BCUT2D eigenvalue weighted by Crippen LogP contribution is 2.42. The van der Waals surface area contributed by atoms with Crippen LogP contribution in [-0.2, 0) is 9.59 Å². The van der Waals surface area contributed by atoms with Gasteiger partial charge in [0.2, 0.25) is 11.8 Å². The summed E-state index contributed by atoms with van der Waals surface area (Å²) in [6, 6.07) is 6.41. The Labute approximate surface area is 164 Å². The normalized spacial score (nSPS) is 22.0. The third-order valence-electron chi connectivity index (χ3n) is 6.01. The van der Waals surface area contributed by atoms with Crippen molar-refractivity contribution in [1.82, 2.24) is 15.1 Å². The predicted octanol–water partition coefficient (Wildman–Crippen LogP) is 2.19. The van der Waals surface area contributed by atoms with E-state index in [-0.39, 0.29) is 23.8 Å². The van der Waals surface area contributed by atoms with E-state index < -0.39 is 0 Å². The third kappa shape index (κ3) is 2.81. The molecule has 7 heteroatoms. The lowest BCUT2D eigenvalue weighted by Crippen LogP contribution is -2.51. The molecule has 28 heavy (non-hydrogen) atoms. The van der Waals surface area contributed by atoms with E-state index in [4.69, 9.17) is 0 Å². The van der Waals surface area contributed by atoms with Gasteiger partial charge in [-0.15, -0.1) is 0 Å². The van der Waals surface area contributed by atoms with Crippen molar-refractivity contribution in [2.45, 2.75) is 38.8 Å². The number of anilines is 2. The minimum atomic E-state index is -0.0348. The summed E-state index contributed by atoms with van der Waals surface area (Å²) < 4.78 is 2.00. The van der Waals surface area contributed by atoms with E-state index in [0.717, 1.165) is 48.4 Å². The van der Waals surface area contributed by atoms with E-state index >= 15 is 0 Å². The van der Waals surface area contributed by atoms with Crippen LogP contribution in [0.2, 0.25) is 0 Å². The van der Waals surface area contributed by atoms with Crippen LogP contribution in [0.3, 0.4) is 0 Å². The van der Waals surface area contributed by atoms with Gasteiger partial charge >= 0.3 is 0 Å². The smallest absolute Gasteiger partial charge is 0.230 e. The zero-order valence-electron chi connectivity index (χ0n) is 16.3. The molecule has 0 bridgehead atoms. The highest BCUT2D eigenvalue weighted by atomic mass is 16.2. The highest BCUT2D eigenvalue weighted by molar-refractivity contribution is 6.06. The van der Waals surface area contributed by atoms with Gasteiger partial charge in [-0.3, -0.25) is 14.3 Å². The molecule has 0 spiro atoms. The van der Waals surface area contributed by atoms with E-state index in [1.165, 1.54) is 0 Å². The zero-order chi connectivity index (χ0) is 19.4. The second-order valence-electron chi connectivity index (χ2n) is 8.19. The molecule has 1 N–H and O–H groups in total. The van der Waals surface area contributed by atoms with Crippen LogP contribution < -0.4 is 15.1 Å². The molecule has 1 saturated carbocycles. The number of hydrogen-bond acceptors (Lipinski definition) is 4. The van der Waals surface area contributed by atoms with Crippen molar-refractivity contribution in [2.75, 3.05) is 29.4 Å². The molecule has 2 aromatic rings. The van der Waals surface area contributed by atoms with Crippen LogP contribution >= 0.6 is 0 Å². The maximum atomic E-state index is 12.9. The van der Waals surface area contributed by atoms with Crippen molar-refractivity contribution >= 4 is 23.2 Å². The second kappa shape index (κ2) is 6.44. The molecule has 3 aliphatic rings. The molecular weight excluding hydrogens is 354 g/mol. The maximum Gasteiger partial charge on any atom is 0.230 e. The van der Waals surface area contributed by atoms with Gasteiger partial charge in [0, 0.05) is 44.2 Å². The first kappa shape index (κ1) is 17.4. The van der Waals surface area contributed by atoms with Crippen LogP contribution in [-0.4, -0.2) is 47.3 Å². The first-order valence-corrected chi connectivity index (χ1v) is 10.0. The molecule has 7 nitrogen and oxygen atoms in total. The zero-order valence-corrected chi connectivity index (χ0v) is 16.3. The summed E-state index contributed by atoms with van der Waals surface area (Å²) in [6.45, 7) is 6.02. The monoisotopic (exact) mass is 379 g/mol. The lowest BCUT2D eigenvalue weighted by molar-refractivity contribution is -0.120. The fourth-order valence-electron chi connectivity index (χ4n) is 4.19. The molecule has 3 heterocycles. The van der Waals surface area contributed by atoms with Crippen molar-refractivity contribution in [3.63, 3.8) is 0 Å². The summed E-state index contributed by atoms with van der Waals surface area (Å²) in [6.07, 6.45) is 5.88. The van der Waals surface area contributed by atoms with Crippen molar-refractivity contribution in [3.05, 3.63) is 30.6 Å². The molecule has 146 valence electrons. The average molecular weight is 379 g/mol. The predicted molar refractivity (Wildman–Crippen MR) is 107 cm³/mol. The maximum absolute atomic E-state index is 12.9. The Morgan fingerprint density at radius 1 is 1.14 bits per heavy atom. The Kier molecular flexibility index (Phi) is 4.01. The molecule has 1 aromatic carbocycles. The second-order valence-corrected chi connectivity index (χ2v) is 8.19. The molecule has 1 saturated heterocycles. The quantitative estimate of drug-likeness (QED) is 0.888. The largest absolute Gasteiger partial charge is 0.312 e.